The van der Waals surface area contributed by atoms with Gasteiger partial charge in [-0.15, -0.1) is 11.3 Å². The van der Waals surface area contributed by atoms with Gasteiger partial charge in [-0.25, -0.2) is 0 Å². The van der Waals surface area contributed by atoms with Crippen LogP contribution in [-0.2, 0) is 6.42 Å². The summed E-state index contributed by atoms with van der Waals surface area (Å²) in [5.41, 5.74) is 5.29. The fraction of sp³-hybridized carbons (Fsp3) is 0.250. The second-order valence-electron chi connectivity index (χ2n) is 3.89. The van der Waals surface area contributed by atoms with Crippen molar-refractivity contribution in [3.05, 3.63) is 50.4 Å². The minimum absolute atomic E-state index is 0.134. The number of aromatic nitrogens is 1. The molecule has 3 nitrogen and oxygen atoms in total. The number of hydrazine groups is 1. The third-order valence-electron chi connectivity index (χ3n) is 2.58. The number of hydrogen-bond acceptors (Lipinski definition) is 4. The molecule has 0 spiro atoms. The molecule has 0 saturated heterocycles. The third kappa shape index (κ3) is 3.13. The lowest BCUT2D eigenvalue weighted by atomic mass is 10.1. The topological polar surface area (TPSA) is 50.9 Å². The molecule has 0 radical (unpaired) electrons. The van der Waals surface area contributed by atoms with Crippen molar-refractivity contribution < 1.29 is 0 Å². The number of rotatable bonds is 4. The van der Waals surface area contributed by atoms with Crippen molar-refractivity contribution in [2.45, 2.75) is 19.4 Å². The van der Waals surface area contributed by atoms with Crippen LogP contribution in [0.4, 0.5) is 0 Å². The average molecular weight is 312 g/mol. The van der Waals surface area contributed by atoms with E-state index in [1.54, 1.807) is 17.5 Å². The van der Waals surface area contributed by atoms with Crippen LogP contribution in [0, 0.1) is 6.92 Å². The van der Waals surface area contributed by atoms with Crippen LogP contribution in [0.25, 0.3) is 0 Å². The molecule has 90 valence electrons. The third-order valence-corrected chi connectivity index (χ3v) is 4.83. The van der Waals surface area contributed by atoms with Gasteiger partial charge in [0.25, 0.3) is 0 Å². The standard InChI is InChI=1S/C12H14BrN3S/c1-8-5-11(17-12(8)13)10(16-14)6-9-3-2-4-15-7-9/h2-5,7,10,16H,6,14H2,1H3. The van der Waals surface area contributed by atoms with Gasteiger partial charge in [-0.05, 0) is 52.5 Å². The van der Waals surface area contributed by atoms with Crippen LogP contribution in [0.2, 0.25) is 0 Å². The fourth-order valence-electron chi connectivity index (χ4n) is 1.65. The number of aryl methyl sites for hydroxylation is 1. The Kier molecular flexibility index (Phi) is 4.28. The van der Waals surface area contributed by atoms with Gasteiger partial charge in [0.05, 0.1) is 9.83 Å². The maximum atomic E-state index is 5.63. The molecule has 17 heavy (non-hydrogen) atoms. The number of nitrogens with zero attached hydrogens (tertiary/aromatic N) is 1. The second kappa shape index (κ2) is 5.73. The summed E-state index contributed by atoms with van der Waals surface area (Å²) in [6, 6.07) is 6.30. The normalized spacial score (nSPS) is 12.6. The predicted octanol–water partition coefficient (Wildman–Crippen LogP) is 2.96. The van der Waals surface area contributed by atoms with Crippen LogP contribution in [0.5, 0.6) is 0 Å². The van der Waals surface area contributed by atoms with Crippen LogP contribution in [0.15, 0.2) is 34.4 Å². The Hall–Kier alpha value is -0.750. The van der Waals surface area contributed by atoms with Gasteiger partial charge in [0.2, 0.25) is 0 Å². The molecule has 2 heterocycles. The Bertz CT molecular complexity index is 464. The summed E-state index contributed by atoms with van der Waals surface area (Å²) >= 11 is 5.26. The second-order valence-corrected chi connectivity index (χ2v) is 6.29. The minimum atomic E-state index is 0.134. The van der Waals surface area contributed by atoms with Gasteiger partial charge in [0.15, 0.2) is 0 Å². The van der Waals surface area contributed by atoms with E-state index in [0.29, 0.717) is 0 Å². The van der Waals surface area contributed by atoms with E-state index < -0.39 is 0 Å². The lowest BCUT2D eigenvalue weighted by Crippen LogP contribution is -2.28. The van der Waals surface area contributed by atoms with Gasteiger partial charge >= 0.3 is 0 Å². The molecule has 0 aliphatic heterocycles. The molecule has 0 aliphatic rings. The number of thiophene rings is 1. The molecular weight excluding hydrogens is 298 g/mol. The molecule has 0 fully saturated rings. The SMILES string of the molecule is Cc1cc(C(Cc2cccnc2)NN)sc1Br. The van der Waals surface area contributed by atoms with E-state index in [0.717, 1.165) is 6.42 Å². The molecule has 1 atom stereocenters. The van der Waals surface area contributed by atoms with E-state index in [1.165, 1.54) is 19.8 Å². The van der Waals surface area contributed by atoms with Crippen LogP contribution >= 0.6 is 27.3 Å². The van der Waals surface area contributed by atoms with Gasteiger partial charge in [0.1, 0.15) is 0 Å². The minimum Gasteiger partial charge on any atom is -0.271 e. The molecule has 0 bridgehead atoms. The van der Waals surface area contributed by atoms with Gasteiger partial charge < -0.3 is 0 Å². The van der Waals surface area contributed by atoms with Crippen LogP contribution in [0.3, 0.4) is 0 Å². The predicted molar refractivity (Wildman–Crippen MR) is 74.8 cm³/mol. The van der Waals surface area contributed by atoms with Gasteiger partial charge in [0, 0.05) is 17.3 Å². The maximum Gasteiger partial charge on any atom is 0.0731 e. The van der Waals surface area contributed by atoms with Crippen molar-refractivity contribution in [1.82, 2.24) is 10.4 Å². The summed E-state index contributed by atoms with van der Waals surface area (Å²) < 4.78 is 1.17. The zero-order valence-corrected chi connectivity index (χ0v) is 11.9. The van der Waals surface area contributed by atoms with E-state index >= 15 is 0 Å². The Balaban J connectivity index is 2.17. The molecule has 2 rings (SSSR count). The fourth-order valence-corrected chi connectivity index (χ4v) is 3.28. The van der Waals surface area contributed by atoms with Crippen molar-refractivity contribution in [3.63, 3.8) is 0 Å². The molecule has 2 aromatic rings. The Morgan fingerprint density at radius 1 is 1.59 bits per heavy atom. The Labute approximate surface area is 113 Å². The van der Waals surface area contributed by atoms with Gasteiger partial charge in [-0.1, -0.05) is 6.07 Å². The van der Waals surface area contributed by atoms with Crippen molar-refractivity contribution in [2.24, 2.45) is 5.84 Å². The monoisotopic (exact) mass is 311 g/mol. The lowest BCUT2D eigenvalue weighted by Gasteiger charge is -2.13. The summed E-state index contributed by atoms with van der Waals surface area (Å²) in [7, 11) is 0. The number of nitrogens with two attached hydrogens (primary N) is 1. The summed E-state index contributed by atoms with van der Waals surface area (Å²) in [6.07, 6.45) is 4.50. The quantitative estimate of drug-likeness (QED) is 0.674. The number of nitrogens with one attached hydrogen (secondary N) is 1. The van der Waals surface area contributed by atoms with Crippen molar-refractivity contribution in [2.75, 3.05) is 0 Å². The number of pyridine rings is 1. The highest BCUT2D eigenvalue weighted by Crippen LogP contribution is 2.32. The number of hydrogen-bond donors (Lipinski definition) is 2. The van der Waals surface area contributed by atoms with Crippen LogP contribution < -0.4 is 11.3 Å². The molecule has 0 aromatic carbocycles. The molecule has 5 heteroatoms. The summed E-state index contributed by atoms with van der Waals surface area (Å²) in [5, 5.41) is 0. The Morgan fingerprint density at radius 2 is 2.41 bits per heavy atom. The molecule has 0 saturated carbocycles. The first-order valence-electron chi connectivity index (χ1n) is 5.31. The largest absolute Gasteiger partial charge is 0.271 e. The Morgan fingerprint density at radius 3 is 2.94 bits per heavy atom. The van der Waals surface area contributed by atoms with Gasteiger partial charge in [-0.2, -0.15) is 0 Å². The van der Waals surface area contributed by atoms with Crippen LogP contribution in [-0.4, -0.2) is 4.98 Å². The molecule has 0 aliphatic carbocycles. The van der Waals surface area contributed by atoms with E-state index in [1.807, 2.05) is 12.3 Å². The lowest BCUT2D eigenvalue weighted by molar-refractivity contribution is 0.560. The zero-order chi connectivity index (χ0) is 12.3. The van der Waals surface area contributed by atoms with Gasteiger partial charge in [-0.3, -0.25) is 16.3 Å². The molecule has 3 N–H and O–H groups in total. The van der Waals surface area contributed by atoms with Crippen molar-refractivity contribution >= 4 is 27.3 Å². The zero-order valence-electron chi connectivity index (χ0n) is 9.48. The highest BCUT2D eigenvalue weighted by molar-refractivity contribution is 9.11. The smallest absolute Gasteiger partial charge is 0.0731 e. The van der Waals surface area contributed by atoms with E-state index in [9.17, 15) is 0 Å². The summed E-state index contributed by atoms with van der Waals surface area (Å²) in [4.78, 5) is 5.35. The highest BCUT2D eigenvalue weighted by Gasteiger charge is 2.14. The van der Waals surface area contributed by atoms with Crippen molar-refractivity contribution in [3.8, 4) is 0 Å². The van der Waals surface area contributed by atoms with Crippen molar-refractivity contribution in [1.29, 1.82) is 0 Å². The van der Waals surface area contributed by atoms with E-state index in [2.05, 4.69) is 45.4 Å². The van der Waals surface area contributed by atoms with Crippen LogP contribution in [0.1, 0.15) is 22.0 Å². The molecular formula is C12H14BrN3S. The first-order valence-corrected chi connectivity index (χ1v) is 6.92. The molecule has 1 unspecified atom stereocenters. The summed E-state index contributed by atoms with van der Waals surface area (Å²) in [6.45, 7) is 2.09. The average Bonchev–Trinajstić information content (AvgIpc) is 2.68. The molecule has 0 amide bonds. The highest BCUT2D eigenvalue weighted by atomic mass is 79.9. The molecule has 2 aromatic heterocycles. The maximum absolute atomic E-state index is 5.63. The first kappa shape index (κ1) is 12.7. The first-order chi connectivity index (χ1) is 8.20. The van der Waals surface area contributed by atoms with E-state index in [-0.39, 0.29) is 6.04 Å². The number of halogens is 1. The van der Waals surface area contributed by atoms with E-state index in [4.69, 9.17) is 5.84 Å². The summed E-state index contributed by atoms with van der Waals surface area (Å²) in [5.74, 6) is 5.63.